The molecule has 142 valence electrons. The van der Waals surface area contributed by atoms with Crippen LogP contribution in [0.1, 0.15) is 35.6 Å². The van der Waals surface area contributed by atoms with Crippen LogP contribution in [0.25, 0.3) is 0 Å². The fraction of sp³-hybridized carbons (Fsp3) is 0.208. The number of thioether (sulfide) groups is 1. The van der Waals surface area contributed by atoms with Crippen LogP contribution in [0.15, 0.2) is 83.8 Å². The largest absolute Gasteiger partial charge is 0.356 e. The second kappa shape index (κ2) is 9.26. The second-order valence-electron chi connectivity index (χ2n) is 7.04. The Morgan fingerprint density at radius 1 is 0.929 bits per heavy atom. The Labute approximate surface area is 176 Å². The molecular weight excluding hydrogens is 380 g/mol. The first-order valence-electron chi connectivity index (χ1n) is 9.70. The summed E-state index contributed by atoms with van der Waals surface area (Å²) in [5.41, 5.74) is 5.15. The second-order valence-corrected chi connectivity index (χ2v) is 8.50. The van der Waals surface area contributed by atoms with Crippen molar-refractivity contribution < 1.29 is 0 Å². The third-order valence-electron chi connectivity index (χ3n) is 5.04. The maximum atomic E-state index is 5.57. The minimum absolute atomic E-state index is 0.298. The van der Waals surface area contributed by atoms with E-state index in [-0.39, 0.29) is 0 Å². The molecule has 1 atom stereocenters. The van der Waals surface area contributed by atoms with E-state index in [0.717, 1.165) is 24.3 Å². The molecule has 0 bridgehead atoms. The van der Waals surface area contributed by atoms with Gasteiger partial charge >= 0.3 is 0 Å². The summed E-state index contributed by atoms with van der Waals surface area (Å²) in [6.07, 6.45) is 3.48. The predicted octanol–water partition coefficient (Wildman–Crippen LogP) is 6.34. The van der Waals surface area contributed by atoms with Crippen molar-refractivity contribution in [3.63, 3.8) is 0 Å². The van der Waals surface area contributed by atoms with Crippen molar-refractivity contribution in [2.75, 3.05) is 5.32 Å². The van der Waals surface area contributed by atoms with Gasteiger partial charge in [-0.3, -0.25) is 0 Å². The number of aryl methyl sites for hydroxylation is 1. The van der Waals surface area contributed by atoms with Gasteiger partial charge in [0, 0.05) is 16.3 Å². The van der Waals surface area contributed by atoms with E-state index in [9.17, 15) is 0 Å². The fourth-order valence-corrected chi connectivity index (χ4v) is 4.73. The number of anilines is 1. The van der Waals surface area contributed by atoms with Crippen LogP contribution in [0, 0.1) is 0 Å². The zero-order chi connectivity index (χ0) is 19.2. The number of benzene rings is 3. The zero-order valence-electron chi connectivity index (χ0n) is 15.7. The van der Waals surface area contributed by atoms with E-state index in [0.29, 0.717) is 11.2 Å². The Bertz CT molecular complexity index is 923. The molecule has 3 aromatic rings. The van der Waals surface area contributed by atoms with Crippen molar-refractivity contribution in [2.24, 2.45) is 0 Å². The van der Waals surface area contributed by atoms with Gasteiger partial charge in [-0.05, 0) is 72.4 Å². The molecule has 0 unspecified atom stereocenters. The molecule has 0 fully saturated rings. The first-order valence-corrected chi connectivity index (χ1v) is 11.1. The molecule has 28 heavy (non-hydrogen) atoms. The van der Waals surface area contributed by atoms with Gasteiger partial charge in [0.1, 0.15) is 0 Å². The average molecular weight is 405 g/mol. The van der Waals surface area contributed by atoms with Crippen molar-refractivity contribution in [1.82, 2.24) is 5.32 Å². The van der Waals surface area contributed by atoms with Crippen molar-refractivity contribution in [1.29, 1.82) is 0 Å². The molecule has 4 heteroatoms. The van der Waals surface area contributed by atoms with Gasteiger partial charge in [-0.25, -0.2) is 0 Å². The van der Waals surface area contributed by atoms with Crippen LogP contribution in [-0.2, 0) is 12.2 Å². The van der Waals surface area contributed by atoms with E-state index in [1.807, 2.05) is 17.8 Å². The summed E-state index contributed by atoms with van der Waals surface area (Å²) in [4.78, 5) is 1.29. The highest BCUT2D eigenvalue weighted by atomic mass is 32.2. The minimum Gasteiger partial charge on any atom is -0.356 e. The van der Waals surface area contributed by atoms with Crippen LogP contribution < -0.4 is 10.6 Å². The highest BCUT2D eigenvalue weighted by Gasteiger charge is 2.20. The SMILES string of the molecule is S=C(Nc1ccc(CSc2ccccc2)cc1)N[C@H]1CCCc2ccccc21. The monoisotopic (exact) mass is 404 g/mol. The quantitative estimate of drug-likeness (QED) is 0.382. The van der Waals surface area contributed by atoms with Crippen molar-refractivity contribution in [3.05, 3.63) is 95.6 Å². The number of fused-ring (bicyclic) bond motifs is 1. The topological polar surface area (TPSA) is 24.1 Å². The summed E-state index contributed by atoms with van der Waals surface area (Å²) < 4.78 is 0. The molecule has 2 N–H and O–H groups in total. The van der Waals surface area contributed by atoms with Gasteiger partial charge in [0.15, 0.2) is 5.11 Å². The lowest BCUT2D eigenvalue weighted by atomic mass is 9.88. The van der Waals surface area contributed by atoms with Gasteiger partial charge in [-0.1, -0.05) is 54.6 Å². The molecule has 0 saturated heterocycles. The maximum Gasteiger partial charge on any atom is 0.171 e. The third-order valence-corrected chi connectivity index (χ3v) is 6.34. The van der Waals surface area contributed by atoms with Gasteiger partial charge < -0.3 is 10.6 Å². The molecule has 0 radical (unpaired) electrons. The molecule has 3 aromatic carbocycles. The van der Waals surface area contributed by atoms with E-state index >= 15 is 0 Å². The zero-order valence-corrected chi connectivity index (χ0v) is 17.4. The summed E-state index contributed by atoms with van der Waals surface area (Å²) in [5.74, 6) is 0.964. The standard InChI is InChI=1S/C24H24N2S2/c27-24(26-23-12-6-8-19-7-4-5-11-22(19)23)25-20-15-13-18(14-16-20)17-28-21-9-2-1-3-10-21/h1-5,7,9-11,13-16,23H,6,8,12,17H2,(H2,25,26,27)/t23-/m0/s1. The van der Waals surface area contributed by atoms with Crippen molar-refractivity contribution >= 4 is 34.8 Å². The van der Waals surface area contributed by atoms with Crippen LogP contribution in [0.3, 0.4) is 0 Å². The van der Waals surface area contributed by atoms with Crippen LogP contribution >= 0.6 is 24.0 Å². The van der Waals surface area contributed by atoms with Gasteiger partial charge in [0.25, 0.3) is 0 Å². The molecule has 4 rings (SSSR count). The van der Waals surface area contributed by atoms with Gasteiger partial charge in [0.05, 0.1) is 6.04 Å². The number of thiocarbonyl (C=S) groups is 1. The normalized spacial score (nSPS) is 15.5. The maximum absolute atomic E-state index is 5.57. The number of hydrogen-bond donors (Lipinski definition) is 2. The molecule has 0 aliphatic heterocycles. The van der Waals surface area contributed by atoms with E-state index in [2.05, 4.69) is 83.4 Å². The summed E-state index contributed by atoms with van der Waals surface area (Å²) >= 11 is 7.42. The Balaban J connectivity index is 1.31. The van der Waals surface area contributed by atoms with Crippen molar-refractivity contribution in [2.45, 2.75) is 36.0 Å². The Hall–Kier alpha value is -2.30. The Kier molecular flexibility index (Phi) is 6.30. The van der Waals surface area contributed by atoms with E-state index < -0.39 is 0 Å². The number of nitrogens with one attached hydrogen (secondary N) is 2. The predicted molar refractivity (Wildman–Crippen MR) is 124 cm³/mol. The summed E-state index contributed by atoms with van der Waals surface area (Å²) in [5, 5.41) is 7.52. The molecule has 0 amide bonds. The minimum atomic E-state index is 0.298. The number of rotatable bonds is 5. The van der Waals surface area contributed by atoms with E-state index in [4.69, 9.17) is 12.2 Å². The lowest BCUT2D eigenvalue weighted by Crippen LogP contribution is -2.34. The smallest absolute Gasteiger partial charge is 0.171 e. The van der Waals surface area contributed by atoms with Gasteiger partial charge in [-0.15, -0.1) is 11.8 Å². The molecule has 2 nitrogen and oxygen atoms in total. The van der Waals surface area contributed by atoms with Gasteiger partial charge in [-0.2, -0.15) is 0 Å². The average Bonchev–Trinajstić information content (AvgIpc) is 2.74. The molecule has 0 aromatic heterocycles. The van der Waals surface area contributed by atoms with Crippen LogP contribution in [-0.4, -0.2) is 5.11 Å². The molecule has 0 heterocycles. The van der Waals surface area contributed by atoms with Gasteiger partial charge in [0.2, 0.25) is 0 Å². The summed E-state index contributed by atoms with van der Waals surface area (Å²) in [7, 11) is 0. The first kappa shape index (κ1) is 19.0. The molecular formula is C24H24N2S2. The Morgan fingerprint density at radius 3 is 2.50 bits per heavy atom. The number of hydrogen-bond acceptors (Lipinski definition) is 2. The highest BCUT2D eigenvalue weighted by molar-refractivity contribution is 7.98. The van der Waals surface area contributed by atoms with Crippen LogP contribution in [0.2, 0.25) is 0 Å². The molecule has 1 aliphatic rings. The molecule has 0 saturated carbocycles. The fourth-order valence-electron chi connectivity index (χ4n) is 3.60. The molecule has 1 aliphatic carbocycles. The lowest BCUT2D eigenvalue weighted by Gasteiger charge is -2.27. The Morgan fingerprint density at radius 2 is 1.68 bits per heavy atom. The van der Waals surface area contributed by atoms with E-state index in [1.54, 1.807) is 0 Å². The highest BCUT2D eigenvalue weighted by Crippen LogP contribution is 2.29. The van der Waals surface area contributed by atoms with Crippen LogP contribution in [0.4, 0.5) is 5.69 Å². The lowest BCUT2D eigenvalue weighted by molar-refractivity contribution is 0.529. The third kappa shape index (κ3) is 4.94. The van der Waals surface area contributed by atoms with Crippen LogP contribution in [0.5, 0.6) is 0 Å². The summed E-state index contributed by atoms with van der Waals surface area (Å²) in [6, 6.07) is 28.0. The van der Waals surface area contributed by atoms with Crippen molar-refractivity contribution in [3.8, 4) is 0 Å². The first-order chi connectivity index (χ1) is 13.8. The van der Waals surface area contributed by atoms with E-state index in [1.165, 1.54) is 28.0 Å². The molecule has 0 spiro atoms. The summed E-state index contributed by atoms with van der Waals surface area (Å²) in [6.45, 7) is 0.